The van der Waals surface area contributed by atoms with Gasteiger partial charge in [0.15, 0.2) is 17.3 Å². The molecule has 37 heavy (non-hydrogen) atoms. The molecule has 0 saturated carbocycles. The zero-order valence-corrected chi connectivity index (χ0v) is 20.5. The van der Waals surface area contributed by atoms with E-state index in [1.165, 1.54) is 0 Å². The summed E-state index contributed by atoms with van der Waals surface area (Å²) in [7, 11) is 0. The lowest BCUT2D eigenvalue weighted by atomic mass is 9.71. The predicted molar refractivity (Wildman–Crippen MR) is 138 cm³/mol. The number of nitrogens with one attached hydrogen (secondary N) is 1. The van der Waals surface area contributed by atoms with E-state index in [-0.39, 0.29) is 25.1 Å². The largest absolute Gasteiger partial charge is 0.457 e. The SMILES string of the molecule is CC1=C(C(=O)OCc2ccccc2)[C@H](c2ccc3c(c2)OCO3)C2=C(C[C@@H](c3ccccc3)CC2=O)N1. The molecule has 3 aromatic rings. The molecule has 2 atom stereocenters. The Labute approximate surface area is 215 Å². The summed E-state index contributed by atoms with van der Waals surface area (Å²) in [6.07, 6.45) is 1.08. The molecule has 3 aliphatic rings. The van der Waals surface area contributed by atoms with Crippen LogP contribution in [-0.2, 0) is 20.9 Å². The van der Waals surface area contributed by atoms with Crippen LogP contribution >= 0.6 is 0 Å². The van der Waals surface area contributed by atoms with E-state index in [4.69, 9.17) is 14.2 Å². The number of ketones is 1. The average molecular weight is 494 g/mol. The smallest absolute Gasteiger partial charge is 0.337 e. The van der Waals surface area contributed by atoms with Gasteiger partial charge in [-0.05, 0) is 48.1 Å². The Bertz CT molecular complexity index is 1420. The van der Waals surface area contributed by atoms with Crippen molar-refractivity contribution in [1.82, 2.24) is 5.32 Å². The van der Waals surface area contributed by atoms with Crippen molar-refractivity contribution >= 4 is 11.8 Å². The molecule has 0 amide bonds. The van der Waals surface area contributed by atoms with Gasteiger partial charge in [0.05, 0.1) is 5.57 Å². The minimum atomic E-state index is -0.557. The third-order valence-corrected chi connectivity index (χ3v) is 7.26. The van der Waals surface area contributed by atoms with Crippen molar-refractivity contribution in [3.63, 3.8) is 0 Å². The standard InChI is InChI=1S/C31H27NO5/c1-19-28(31(34)35-17-20-8-4-2-5-9-20)29(22-12-13-26-27(16-22)37-18-36-26)30-24(32-19)14-23(15-25(30)33)21-10-6-3-7-11-21/h2-13,16,23,29,32H,14-15,17-18H2,1H3/t23-,29+/m1/s1. The number of ether oxygens (including phenoxy) is 3. The summed E-state index contributed by atoms with van der Waals surface area (Å²) in [4.78, 5) is 27.3. The highest BCUT2D eigenvalue weighted by Gasteiger charge is 2.41. The molecule has 2 aliphatic heterocycles. The van der Waals surface area contributed by atoms with Gasteiger partial charge >= 0.3 is 5.97 Å². The number of Topliss-reactive ketones (excluding diaryl/α,β-unsaturated/α-hetero) is 1. The Balaban J connectivity index is 1.38. The molecule has 0 fully saturated rings. The van der Waals surface area contributed by atoms with Crippen LogP contribution in [0.2, 0.25) is 0 Å². The number of rotatable bonds is 5. The van der Waals surface area contributed by atoms with Crippen LogP contribution in [0.15, 0.2) is 101 Å². The molecule has 0 radical (unpaired) electrons. The summed E-state index contributed by atoms with van der Waals surface area (Å²) < 4.78 is 16.9. The fraction of sp³-hybridized carbons (Fsp3) is 0.226. The highest BCUT2D eigenvalue weighted by atomic mass is 16.7. The minimum Gasteiger partial charge on any atom is -0.457 e. The summed E-state index contributed by atoms with van der Waals surface area (Å²) in [5.41, 5.74) is 5.47. The maximum Gasteiger partial charge on any atom is 0.337 e. The van der Waals surface area contributed by atoms with Crippen molar-refractivity contribution in [1.29, 1.82) is 0 Å². The van der Waals surface area contributed by atoms with E-state index in [1.54, 1.807) is 0 Å². The van der Waals surface area contributed by atoms with Crippen LogP contribution in [0.5, 0.6) is 11.5 Å². The molecular weight excluding hydrogens is 466 g/mol. The number of dihydropyridines is 1. The maximum atomic E-state index is 13.8. The highest BCUT2D eigenvalue weighted by molar-refractivity contribution is 6.04. The van der Waals surface area contributed by atoms with Crippen LogP contribution in [0.25, 0.3) is 0 Å². The second-order valence-electron chi connectivity index (χ2n) is 9.60. The molecule has 2 heterocycles. The quantitative estimate of drug-likeness (QED) is 0.472. The molecule has 186 valence electrons. The first-order valence-electron chi connectivity index (χ1n) is 12.5. The first-order chi connectivity index (χ1) is 18.1. The Hall–Kier alpha value is -4.32. The molecule has 1 aliphatic carbocycles. The van der Waals surface area contributed by atoms with Gasteiger partial charge in [0, 0.05) is 29.3 Å². The van der Waals surface area contributed by atoms with E-state index < -0.39 is 11.9 Å². The Morgan fingerprint density at radius 3 is 2.43 bits per heavy atom. The Morgan fingerprint density at radius 1 is 0.919 bits per heavy atom. The van der Waals surface area contributed by atoms with E-state index in [0.29, 0.717) is 41.2 Å². The van der Waals surface area contributed by atoms with E-state index in [2.05, 4.69) is 17.4 Å². The second-order valence-corrected chi connectivity index (χ2v) is 9.60. The molecule has 1 N–H and O–H groups in total. The second kappa shape index (κ2) is 9.62. The number of hydrogen-bond donors (Lipinski definition) is 1. The van der Waals surface area contributed by atoms with Crippen LogP contribution < -0.4 is 14.8 Å². The maximum absolute atomic E-state index is 13.8. The van der Waals surface area contributed by atoms with Crippen LogP contribution in [0.1, 0.15) is 48.3 Å². The molecule has 6 nitrogen and oxygen atoms in total. The summed E-state index contributed by atoms with van der Waals surface area (Å²) in [5, 5.41) is 3.41. The topological polar surface area (TPSA) is 73.9 Å². The van der Waals surface area contributed by atoms with E-state index in [0.717, 1.165) is 22.4 Å². The van der Waals surface area contributed by atoms with Crippen molar-refractivity contribution in [3.8, 4) is 11.5 Å². The Morgan fingerprint density at radius 2 is 1.65 bits per heavy atom. The normalized spacial score (nSPS) is 20.4. The Kier molecular flexibility index (Phi) is 6.01. The molecule has 6 rings (SSSR count). The fourth-order valence-electron chi connectivity index (χ4n) is 5.50. The highest BCUT2D eigenvalue weighted by Crippen LogP contribution is 2.47. The summed E-state index contributed by atoms with van der Waals surface area (Å²) in [5.74, 6) is 0.375. The number of carbonyl (C=O) groups is 2. The third kappa shape index (κ3) is 4.40. The van der Waals surface area contributed by atoms with Gasteiger partial charge in [-0.3, -0.25) is 4.79 Å². The van der Waals surface area contributed by atoms with Gasteiger partial charge in [0.1, 0.15) is 6.61 Å². The average Bonchev–Trinajstić information content (AvgIpc) is 3.40. The van der Waals surface area contributed by atoms with Gasteiger partial charge in [-0.2, -0.15) is 0 Å². The first-order valence-corrected chi connectivity index (χ1v) is 12.5. The number of carbonyl (C=O) groups excluding carboxylic acids is 2. The third-order valence-electron chi connectivity index (χ3n) is 7.26. The van der Waals surface area contributed by atoms with Crippen LogP contribution in [-0.4, -0.2) is 18.5 Å². The molecule has 6 heteroatoms. The van der Waals surface area contributed by atoms with Gasteiger partial charge in [-0.1, -0.05) is 66.7 Å². The van der Waals surface area contributed by atoms with Crippen molar-refractivity contribution < 1.29 is 23.8 Å². The zero-order chi connectivity index (χ0) is 25.4. The van der Waals surface area contributed by atoms with Gasteiger partial charge in [-0.25, -0.2) is 4.79 Å². The predicted octanol–water partition coefficient (Wildman–Crippen LogP) is 5.52. The zero-order valence-electron chi connectivity index (χ0n) is 20.5. The lowest BCUT2D eigenvalue weighted by Crippen LogP contribution is -2.36. The molecular formula is C31H27NO5. The number of hydrogen-bond acceptors (Lipinski definition) is 6. The number of benzene rings is 3. The van der Waals surface area contributed by atoms with E-state index in [9.17, 15) is 9.59 Å². The van der Waals surface area contributed by atoms with Crippen LogP contribution in [0.4, 0.5) is 0 Å². The van der Waals surface area contributed by atoms with Crippen molar-refractivity contribution in [2.45, 2.75) is 38.2 Å². The summed E-state index contributed by atoms with van der Waals surface area (Å²) >= 11 is 0. The van der Waals surface area contributed by atoms with Crippen molar-refractivity contribution in [2.75, 3.05) is 6.79 Å². The molecule has 0 spiro atoms. The number of allylic oxidation sites excluding steroid dienone is 3. The number of esters is 1. The molecule has 3 aromatic carbocycles. The van der Waals surface area contributed by atoms with E-state index in [1.807, 2.05) is 73.7 Å². The molecule has 0 bridgehead atoms. The van der Waals surface area contributed by atoms with Gasteiger partial charge < -0.3 is 19.5 Å². The molecule has 0 saturated heterocycles. The molecule has 0 unspecified atom stereocenters. The number of fused-ring (bicyclic) bond motifs is 1. The van der Waals surface area contributed by atoms with Crippen LogP contribution in [0, 0.1) is 0 Å². The molecule has 0 aromatic heterocycles. The van der Waals surface area contributed by atoms with Gasteiger partial charge in [0.2, 0.25) is 6.79 Å². The lowest BCUT2D eigenvalue weighted by Gasteiger charge is -2.36. The first kappa shape index (κ1) is 23.1. The lowest BCUT2D eigenvalue weighted by molar-refractivity contribution is -0.140. The summed E-state index contributed by atoms with van der Waals surface area (Å²) in [6.45, 7) is 2.18. The van der Waals surface area contributed by atoms with Crippen LogP contribution in [0.3, 0.4) is 0 Å². The van der Waals surface area contributed by atoms with E-state index >= 15 is 0 Å². The van der Waals surface area contributed by atoms with Crippen molar-refractivity contribution in [3.05, 3.63) is 118 Å². The summed E-state index contributed by atoms with van der Waals surface area (Å²) in [6, 6.07) is 25.3. The fourth-order valence-corrected chi connectivity index (χ4v) is 5.50. The monoisotopic (exact) mass is 493 g/mol. The van der Waals surface area contributed by atoms with Crippen molar-refractivity contribution in [2.24, 2.45) is 0 Å². The minimum absolute atomic E-state index is 0.0335. The van der Waals surface area contributed by atoms with Gasteiger partial charge in [0.25, 0.3) is 0 Å². The van der Waals surface area contributed by atoms with Gasteiger partial charge in [-0.15, -0.1) is 0 Å².